The van der Waals surface area contributed by atoms with Crippen LogP contribution in [0.25, 0.3) is 11.4 Å². The molecule has 0 saturated heterocycles. The average Bonchev–Trinajstić information content (AvgIpc) is 3.23. The van der Waals surface area contributed by atoms with Crippen molar-refractivity contribution in [2.24, 2.45) is 4.99 Å². The molecule has 24 heavy (non-hydrogen) atoms. The van der Waals surface area contributed by atoms with E-state index in [1.165, 1.54) is 0 Å². The molecule has 2 heterocycles. The van der Waals surface area contributed by atoms with Gasteiger partial charge in [0.05, 0.1) is 13.2 Å². The zero-order valence-electron chi connectivity index (χ0n) is 13.7. The number of aromatic nitrogens is 3. The van der Waals surface area contributed by atoms with Crippen molar-refractivity contribution in [3.63, 3.8) is 0 Å². The lowest BCUT2D eigenvalue weighted by Gasteiger charge is -2.15. The minimum Gasteiger partial charge on any atom is -0.460 e. The molecule has 8 nitrogen and oxygen atoms in total. The van der Waals surface area contributed by atoms with Gasteiger partial charge >= 0.3 is 5.97 Å². The number of carbonyl (C=O) groups is 1. The number of nitrogens with zero attached hydrogens (tertiary/aromatic N) is 4. The van der Waals surface area contributed by atoms with Crippen LogP contribution in [0, 0.1) is 0 Å². The minimum atomic E-state index is -0.503. The summed E-state index contributed by atoms with van der Waals surface area (Å²) in [7, 11) is 2.01. The Morgan fingerprint density at radius 2 is 2.33 bits per heavy atom. The number of carbonyl (C=O) groups excluding carboxylic acids is 1. The molecule has 8 heteroatoms. The summed E-state index contributed by atoms with van der Waals surface area (Å²) in [5.74, 6) is 0.979. The minimum absolute atomic E-state index is 0.109. The molecule has 3 rings (SSSR count). The zero-order chi connectivity index (χ0) is 16.9. The van der Waals surface area contributed by atoms with Crippen LogP contribution in [0.5, 0.6) is 0 Å². The van der Waals surface area contributed by atoms with Gasteiger partial charge in [-0.1, -0.05) is 18.2 Å². The van der Waals surface area contributed by atoms with E-state index in [9.17, 15) is 4.79 Å². The zero-order valence-corrected chi connectivity index (χ0v) is 13.7. The Morgan fingerprint density at radius 3 is 3.08 bits per heavy atom. The van der Waals surface area contributed by atoms with Crippen molar-refractivity contribution in [2.75, 3.05) is 26.7 Å². The fourth-order valence-electron chi connectivity index (χ4n) is 2.41. The Morgan fingerprint density at radius 1 is 1.46 bits per heavy atom. The van der Waals surface area contributed by atoms with E-state index < -0.39 is 5.97 Å². The molecule has 0 bridgehead atoms. The first kappa shape index (κ1) is 16.0. The first-order valence-corrected chi connectivity index (χ1v) is 7.85. The summed E-state index contributed by atoms with van der Waals surface area (Å²) >= 11 is 0. The summed E-state index contributed by atoms with van der Waals surface area (Å²) in [5.41, 5.74) is 1.92. The van der Waals surface area contributed by atoms with Gasteiger partial charge in [0.2, 0.25) is 5.82 Å². The third-order valence-electron chi connectivity index (χ3n) is 3.65. The number of nitrogens with one attached hydrogen (secondary N) is 2. The number of ether oxygens (including phenoxy) is 1. The number of hydrogen-bond acceptors (Lipinski definition) is 7. The highest BCUT2D eigenvalue weighted by atomic mass is 16.5. The van der Waals surface area contributed by atoms with E-state index in [1.54, 1.807) is 6.92 Å². The molecule has 1 aliphatic heterocycles. The van der Waals surface area contributed by atoms with E-state index in [1.807, 2.05) is 31.3 Å². The Labute approximate surface area is 139 Å². The van der Waals surface area contributed by atoms with Crippen LogP contribution in [0.1, 0.15) is 23.1 Å². The van der Waals surface area contributed by atoms with E-state index in [2.05, 4.69) is 30.4 Å². The maximum absolute atomic E-state index is 11.7. The van der Waals surface area contributed by atoms with Gasteiger partial charge in [0.15, 0.2) is 11.8 Å². The highest BCUT2D eigenvalue weighted by Gasteiger charge is 2.14. The normalized spacial score (nSPS) is 13.8. The van der Waals surface area contributed by atoms with Crippen molar-refractivity contribution in [1.82, 2.24) is 25.4 Å². The maximum atomic E-state index is 11.7. The predicted molar refractivity (Wildman–Crippen MR) is 89.5 cm³/mol. The number of aromatic amines is 1. The molecule has 1 aliphatic rings. The van der Waals surface area contributed by atoms with Crippen LogP contribution in [-0.4, -0.2) is 58.8 Å². The standard InChI is InChI=1S/C16H20N6O2/c1-3-24-15(23)14-19-13(20-21-14)12-6-4-5-11(9-12)10-18-16-17-7-8-22(16)2/h4-6,9H,3,7-8,10H2,1-2H3,(H,17,18)(H,19,20,21). The second kappa shape index (κ2) is 7.12. The molecule has 0 atom stereocenters. The van der Waals surface area contributed by atoms with Gasteiger partial charge in [-0.2, -0.15) is 5.10 Å². The molecular formula is C16H20N6O2. The molecule has 0 spiro atoms. The number of benzene rings is 1. The molecule has 0 aliphatic carbocycles. The van der Waals surface area contributed by atoms with Gasteiger partial charge in [-0.15, -0.1) is 0 Å². The molecular weight excluding hydrogens is 308 g/mol. The monoisotopic (exact) mass is 328 g/mol. The average molecular weight is 328 g/mol. The quantitative estimate of drug-likeness (QED) is 0.796. The van der Waals surface area contributed by atoms with E-state index >= 15 is 0 Å². The highest BCUT2D eigenvalue weighted by molar-refractivity contribution is 5.85. The van der Waals surface area contributed by atoms with Gasteiger partial charge in [0.1, 0.15) is 0 Å². The smallest absolute Gasteiger partial charge is 0.375 e. The maximum Gasteiger partial charge on any atom is 0.375 e. The largest absolute Gasteiger partial charge is 0.460 e. The molecule has 0 saturated carbocycles. The molecule has 0 amide bonds. The fraction of sp³-hybridized carbons (Fsp3) is 0.375. The third kappa shape index (κ3) is 3.53. The summed E-state index contributed by atoms with van der Waals surface area (Å²) < 4.78 is 4.91. The second-order valence-corrected chi connectivity index (χ2v) is 5.41. The molecule has 2 aromatic rings. The SMILES string of the molecule is CCOC(=O)c1nc(-c2cccc(CNC3=NCCN3C)c2)n[nH]1. The van der Waals surface area contributed by atoms with Crippen LogP contribution in [0.15, 0.2) is 29.3 Å². The number of hydrogen-bond donors (Lipinski definition) is 2. The van der Waals surface area contributed by atoms with E-state index in [4.69, 9.17) is 4.74 Å². The van der Waals surface area contributed by atoms with Crippen molar-refractivity contribution in [3.05, 3.63) is 35.7 Å². The number of rotatable bonds is 5. The van der Waals surface area contributed by atoms with Gasteiger partial charge < -0.3 is 15.0 Å². The molecule has 0 fully saturated rings. The number of esters is 1. The number of aliphatic imine (C=N–C) groups is 1. The molecule has 1 aromatic carbocycles. The predicted octanol–water partition coefficient (Wildman–Crippen LogP) is 1.04. The second-order valence-electron chi connectivity index (χ2n) is 5.41. The Balaban J connectivity index is 1.70. The van der Waals surface area contributed by atoms with Gasteiger partial charge in [0.25, 0.3) is 0 Å². The lowest BCUT2D eigenvalue weighted by Crippen LogP contribution is -2.35. The summed E-state index contributed by atoms with van der Waals surface area (Å²) in [5, 5.41) is 10.0. The lowest BCUT2D eigenvalue weighted by atomic mass is 10.1. The summed E-state index contributed by atoms with van der Waals surface area (Å²) in [6, 6.07) is 7.85. The van der Waals surface area contributed by atoms with E-state index in [0.717, 1.165) is 30.2 Å². The number of H-pyrrole nitrogens is 1. The van der Waals surface area contributed by atoms with Crippen LogP contribution < -0.4 is 5.32 Å². The van der Waals surface area contributed by atoms with E-state index in [0.29, 0.717) is 19.0 Å². The first-order chi connectivity index (χ1) is 11.7. The topological polar surface area (TPSA) is 95.5 Å². The molecule has 2 N–H and O–H groups in total. The van der Waals surface area contributed by atoms with Gasteiger partial charge in [-0.3, -0.25) is 10.1 Å². The van der Waals surface area contributed by atoms with Crippen LogP contribution in [0.2, 0.25) is 0 Å². The van der Waals surface area contributed by atoms with Gasteiger partial charge in [0, 0.05) is 25.7 Å². The van der Waals surface area contributed by atoms with Crippen LogP contribution in [-0.2, 0) is 11.3 Å². The van der Waals surface area contributed by atoms with Gasteiger partial charge in [-0.05, 0) is 18.6 Å². The van der Waals surface area contributed by atoms with Crippen molar-refractivity contribution >= 4 is 11.9 Å². The summed E-state index contributed by atoms with van der Waals surface area (Å²) in [4.78, 5) is 22.3. The molecule has 1 aromatic heterocycles. The Kier molecular flexibility index (Phi) is 4.74. The van der Waals surface area contributed by atoms with Gasteiger partial charge in [-0.25, -0.2) is 9.78 Å². The number of guanidine groups is 1. The van der Waals surface area contributed by atoms with Crippen LogP contribution in [0.4, 0.5) is 0 Å². The third-order valence-corrected chi connectivity index (χ3v) is 3.65. The van der Waals surface area contributed by atoms with E-state index in [-0.39, 0.29) is 5.82 Å². The van der Waals surface area contributed by atoms with Crippen LogP contribution in [0.3, 0.4) is 0 Å². The molecule has 0 radical (unpaired) electrons. The highest BCUT2D eigenvalue weighted by Crippen LogP contribution is 2.16. The van der Waals surface area contributed by atoms with Crippen molar-refractivity contribution in [3.8, 4) is 11.4 Å². The van der Waals surface area contributed by atoms with Crippen LogP contribution >= 0.6 is 0 Å². The Hall–Kier alpha value is -2.90. The van der Waals surface area contributed by atoms with Crippen molar-refractivity contribution < 1.29 is 9.53 Å². The first-order valence-electron chi connectivity index (χ1n) is 7.85. The van der Waals surface area contributed by atoms with Crippen molar-refractivity contribution in [1.29, 1.82) is 0 Å². The Bertz CT molecular complexity index is 755. The summed E-state index contributed by atoms with van der Waals surface area (Å²) in [6.45, 7) is 4.47. The summed E-state index contributed by atoms with van der Waals surface area (Å²) in [6.07, 6.45) is 0. The fourth-order valence-corrected chi connectivity index (χ4v) is 2.41. The number of likely N-dealkylation sites (N-methyl/N-ethyl adjacent to an activating group) is 1. The molecule has 0 unspecified atom stereocenters. The van der Waals surface area contributed by atoms with Crippen molar-refractivity contribution in [2.45, 2.75) is 13.5 Å². The molecule has 126 valence electrons. The lowest BCUT2D eigenvalue weighted by molar-refractivity contribution is 0.0512.